The fourth-order valence-corrected chi connectivity index (χ4v) is 1.81. The summed E-state index contributed by atoms with van der Waals surface area (Å²) in [6, 6.07) is 0. The number of aliphatic hydroxyl groups is 1. The van der Waals surface area contributed by atoms with Gasteiger partial charge in [-0.3, -0.25) is 0 Å². The molecule has 0 saturated heterocycles. The highest BCUT2D eigenvalue weighted by molar-refractivity contribution is 7.09. The number of nitrogens with zero attached hydrogens (tertiary/aromatic N) is 1. The molecule has 0 aromatic carbocycles. The predicted octanol–water partition coefficient (Wildman–Crippen LogP) is 1.86. The summed E-state index contributed by atoms with van der Waals surface area (Å²) in [6.45, 7) is 3.50. The van der Waals surface area contributed by atoms with Crippen molar-refractivity contribution in [3.63, 3.8) is 0 Å². The van der Waals surface area contributed by atoms with Gasteiger partial charge in [-0.1, -0.05) is 6.92 Å². The van der Waals surface area contributed by atoms with E-state index in [2.05, 4.69) is 11.9 Å². The molecule has 0 spiro atoms. The molecule has 0 saturated carbocycles. The summed E-state index contributed by atoms with van der Waals surface area (Å²) in [5.41, 5.74) is 0. The minimum absolute atomic E-state index is 0.321. The van der Waals surface area contributed by atoms with Crippen LogP contribution in [-0.4, -0.2) is 29.4 Å². The lowest BCUT2D eigenvalue weighted by molar-refractivity contribution is 0.0824. The molecule has 0 fully saturated rings. The van der Waals surface area contributed by atoms with E-state index in [1.54, 1.807) is 17.5 Å². The van der Waals surface area contributed by atoms with Crippen LogP contribution in [0.5, 0.6) is 0 Å². The van der Waals surface area contributed by atoms with Gasteiger partial charge in [0, 0.05) is 31.2 Å². The fraction of sp³-hybridized carbons (Fsp3) is 0.700. The van der Waals surface area contributed by atoms with E-state index in [-0.39, 0.29) is 6.10 Å². The van der Waals surface area contributed by atoms with Gasteiger partial charge in [0.25, 0.3) is 0 Å². The van der Waals surface area contributed by atoms with Crippen LogP contribution < -0.4 is 0 Å². The fourth-order valence-electron chi connectivity index (χ4n) is 1.12. The molecule has 1 aromatic heterocycles. The first kappa shape index (κ1) is 11.6. The van der Waals surface area contributed by atoms with E-state index in [0.29, 0.717) is 19.4 Å². The van der Waals surface area contributed by atoms with Gasteiger partial charge in [-0.05, 0) is 12.8 Å². The van der Waals surface area contributed by atoms with Crippen molar-refractivity contribution in [2.45, 2.75) is 32.3 Å². The first-order valence-electron chi connectivity index (χ1n) is 4.97. The van der Waals surface area contributed by atoms with Crippen LogP contribution in [0.3, 0.4) is 0 Å². The van der Waals surface area contributed by atoms with E-state index < -0.39 is 0 Å². The maximum atomic E-state index is 9.61. The van der Waals surface area contributed by atoms with Gasteiger partial charge >= 0.3 is 0 Å². The number of ether oxygens (including phenoxy) is 1. The topological polar surface area (TPSA) is 42.4 Å². The van der Waals surface area contributed by atoms with Crippen molar-refractivity contribution in [1.29, 1.82) is 0 Å². The van der Waals surface area contributed by atoms with Crippen LogP contribution in [0.2, 0.25) is 0 Å². The first-order valence-corrected chi connectivity index (χ1v) is 5.85. The summed E-state index contributed by atoms with van der Waals surface area (Å²) in [7, 11) is 0. The second-order valence-electron chi connectivity index (χ2n) is 3.18. The molecule has 14 heavy (non-hydrogen) atoms. The Kier molecular flexibility index (Phi) is 5.75. The Balaban J connectivity index is 2.07. The van der Waals surface area contributed by atoms with Crippen LogP contribution in [0.25, 0.3) is 0 Å². The minimum Gasteiger partial charge on any atom is -0.393 e. The molecule has 1 unspecified atom stereocenters. The monoisotopic (exact) mass is 215 g/mol. The second kappa shape index (κ2) is 6.92. The Morgan fingerprint density at radius 3 is 3.07 bits per heavy atom. The van der Waals surface area contributed by atoms with Gasteiger partial charge in [-0.2, -0.15) is 0 Å². The van der Waals surface area contributed by atoms with E-state index >= 15 is 0 Å². The Hall–Kier alpha value is -0.450. The summed E-state index contributed by atoms with van der Waals surface area (Å²) in [5, 5.41) is 12.5. The van der Waals surface area contributed by atoms with Crippen molar-refractivity contribution in [3.05, 3.63) is 16.6 Å². The second-order valence-corrected chi connectivity index (χ2v) is 4.16. The number of aliphatic hydroxyl groups excluding tert-OH is 1. The maximum Gasteiger partial charge on any atom is 0.0950 e. The molecular formula is C10H17NO2S. The van der Waals surface area contributed by atoms with E-state index in [1.807, 2.05) is 5.38 Å². The molecule has 0 radical (unpaired) electrons. The molecule has 1 N–H and O–H groups in total. The highest BCUT2D eigenvalue weighted by atomic mass is 32.1. The molecule has 0 aliphatic carbocycles. The number of aromatic nitrogens is 1. The standard InChI is InChI=1S/C10H17NO2S/c1-2-5-13-6-3-9(12)8-10-11-4-7-14-10/h4,7,9,12H,2-3,5-6,8H2,1H3. The van der Waals surface area contributed by atoms with Crippen molar-refractivity contribution in [2.75, 3.05) is 13.2 Å². The lowest BCUT2D eigenvalue weighted by Gasteiger charge is -2.08. The highest BCUT2D eigenvalue weighted by Gasteiger charge is 2.06. The van der Waals surface area contributed by atoms with Gasteiger partial charge < -0.3 is 9.84 Å². The third kappa shape index (κ3) is 4.69. The molecule has 1 heterocycles. The third-order valence-corrected chi connectivity index (χ3v) is 2.64. The number of thiazole rings is 1. The van der Waals surface area contributed by atoms with Gasteiger partial charge in [-0.15, -0.1) is 11.3 Å². The van der Waals surface area contributed by atoms with Crippen molar-refractivity contribution >= 4 is 11.3 Å². The van der Waals surface area contributed by atoms with Crippen molar-refractivity contribution < 1.29 is 9.84 Å². The first-order chi connectivity index (χ1) is 6.83. The Morgan fingerprint density at radius 1 is 1.57 bits per heavy atom. The summed E-state index contributed by atoms with van der Waals surface area (Å²) in [4.78, 5) is 4.12. The summed E-state index contributed by atoms with van der Waals surface area (Å²) < 4.78 is 5.30. The molecule has 0 aliphatic rings. The van der Waals surface area contributed by atoms with E-state index in [9.17, 15) is 5.11 Å². The highest BCUT2D eigenvalue weighted by Crippen LogP contribution is 2.08. The van der Waals surface area contributed by atoms with E-state index in [1.165, 1.54) is 0 Å². The summed E-state index contributed by atoms with van der Waals surface area (Å²) in [5.74, 6) is 0. The van der Waals surface area contributed by atoms with Gasteiger partial charge in [0.15, 0.2) is 0 Å². The minimum atomic E-state index is -0.321. The summed E-state index contributed by atoms with van der Waals surface area (Å²) in [6.07, 6.45) is 3.81. The Morgan fingerprint density at radius 2 is 2.43 bits per heavy atom. The Bertz CT molecular complexity index is 226. The molecular weight excluding hydrogens is 198 g/mol. The number of hydrogen-bond acceptors (Lipinski definition) is 4. The predicted molar refractivity (Wildman–Crippen MR) is 57.6 cm³/mol. The van der Waals surface area contributed by atoms with Crippen molar-refractivity contribution in [2.24, 2.45) is 0 Å². The third-order valence-electron chi connectivity index (χ3n) is 1.84. The average molecular weight is 215 g/mol. The molecule has 1 rings (SSSR count). The lowest BCUT2D eigenvalue weighted by atomic mass is 10.2. The molecule has 1 aromatic rings. The van der Waals surface area contributed by atoms with Crippen LogP contribution in [0.15, 0.2) is 11.6 Å². The van der Waals surface area contributed by atoms with Crippen LogP contribution in [0, 0.1) is 0 Å². The molecule has 3 nitrogen and oxygen atoms in total. The largest absolute Gasteiger partial charge is 0.393 e. The van der Waals surface area contributed by atoms with Crippen LogP contribution in [0.4, 0.5) is 0 Å². The number of rotatable bonds is 7. The summed E-state index contributed by atoms with van der Waals surface area (Å²) >= 11 is 1.58. The quantitative estimate of drug-likeness (QED) is 0.706. The molecule has 80 valence electrons. The van der Waals surface area contributed by atoms with Crippen molar-refractivity contribution in [1.82, 2.24) is 4.98 Å². The SMILES string of the molecule is CCCOCCC(O)Cc1nccs1. The molecule has 4 heteroatoms. The number of hydrogen-bond donors (Lipinski definition) is 1. The van der Waals surface area contributed by atoms with Gasteiger partial charge in [0.05, 0.1) is 11.1 Å². The van der Waals surface area contributed by atoms with Gasteiger partial charge in [0.1, 0.15) is 0 Å². The zero-order valence-corrected chi connectivity index (χ0v) is 9.30. The maximum absolute atomic E-state index is 9.61. The lowest BCUT2D eigenvalue weighted by Crippen LogP contribution is -2.13. The smallest absolute Gasteiger partial charge is 0.0950 e. The molecule has 0 aliphatic heterocycles. The normalized spacial score (nSPS) is 13.0. The van der Waals surface area contributed by atoms with E-state index in [0.717, 1.165) is 18.0 Å². The van der Waals surface area contributed by atoms with Gasteiger partial charge in [0.2, 0.25) is 0 Å². The zero-order chi connectivity index (χ0) is 10.2. The average Bonchev–Trinajstić information content (AvgIpc) is 2.65. The Labute approximate surface area is 88.8 Å². The molecule has 1 atom stereocenters. The van der Waals surface area contributed by atoms with Crippen LogP contribution in [-0.2, 0) is 11.2 Å². The van der Waals surface area contributed by atoms with E-state index in [4.69, 9.17) is 4.74 Å². The molecule has 0 amide bonds. The zero-order valence-electron chi connectivity index (χ0n) is 8.48. The van der Waals surface area contributed by atoms with Crippen LogP contribution >= 0.6 is 11.3 Å². The van der Waals surface area contributed by atoms with Crippen molar-refractivity contribution in [3.8, 4) is 0 Å². The van der Waals surface area contributed by atoms with Crippen LogP contribution in [0.1, 0.15) is 24.8 Å². The van der Waals surface area contributed by atoms with Gasteiger partial charge in [-0.25, -0.2) is 4.98 Å². The molecule has 0 bridgehead atoms.